The van der Waals surface area contributed by atoms with Gasteiger partial charge in [-0.3, -0.25) is 4.79 Å². The van der Waals surface area contributed by atoms with E-state index in [2.05, 4.69) is 9.72 Å². The van der Waals surface area contributed by atoms with Gasteiger partial charge in [0.25, 0.3) is 5.91 Å². The third kappa shape index (κ3) is 4.84. The summed E-state index contributed by atoms with van der Waals surface area (Å²) in [5, 5.41) is 0. The third-order valence-electron chi connectivity index (χ3n) is 3.77. The Hall–Kier alpha value is -2.98. The molecule has 1 aliphatic heterocycles. The van der Waals surface area contributed by atoms with Gasteiger partial charge < -0.3 is 14.4 Å². The minimum absolute atomic E-state index is 0.109. The minimum atomic E-state index is -4.83. The largest absolute Gasteiger partial charge is 0.573 e. The van der Waals surface area contributed by atoms with Crippen LogP contribution in [-0.4, -0.2) is 41.3 Å². The molecule has 1 aromatic carbocycles. The Morgan fingerprint density at radius 2 is 1.64 bits per heavy atom. The second-order valence-corrected chi connectivity index (χ2v) is 5.88. The van der Waals surface area contributed by atoms with Crippen molar-refractivity contribution in [2.45, 2.75) is 18.6 Å². The van der Waals surface area contributed by atoms with Crippen LogP contribution in [0.1, 0.15) is 16.1 Å². The molecule has 0 unspecified atom stereocenters. The van der Waals surface area contributed by atoms with Crippen LogP contribution in [0, 0.1) is 0 Å². The van der Waals surface area contributed by atoms with Gasteiger partial charge in [0.2, 0.25) is 5.88 Å². The van der Waals surface area contributed by atoms with Crippen molar-refractivity contribution in [1.29, 1.82) is 0 Å². The molecule has 1 amide bonds. The fourth-order valence-electron chi connectivity index (χ4n) is 2.47. The number of ether oxygens (including phenoxy) is 2. The summed E-state index contributed by atoms with van der Waals surface area (Å²) in [5.74, 6) is -1.11. The van der Waals surface area contributed by atoms with Crippen LogP contribution in [0.3, 0.4) is 0 Å². The second-order valence-electron chi connectivity index (χ2n) is 5.88. The Morgan fingerprint density at radius 1 is 1.00 bits per heavy atom. The Labute approximate surface area is 154 Å². The van der Waals surface area contributed by atoms with Gasteiger partial charge in [-0.05, 0) is 30.3 Å². The van der Waals surface area contributed by atoms with Gasteiger partial charge in [0.05, 0.1) is 13.1 Å². The number of nitrogens with zero attached hydrogens (tertiary/aromatic N) is 2. The fourth-order valence-corrected chi connectivity index (χ4v) is 2.47. The topological polar surface area (TPSA) is 51.7 Å². The van der Waals surface area contributed by atoms with Crippen LogP contribution in [-0.2, 0) is 6.18 Å². The van der Waals surface area contributed by atoms with E-state index >= 15 is 0 Å². The van der Waals surface area contributed by atoms with Crippen molar-refractivity contribution >= 4 is 5.91 Å². The number of benzene rings is 1. The summed E-state index contributed by atoms with van der Waals surface area (Å²) >= 11 is 0. The van der Waals surface area contributed by atoms with Gasteiger partial charge >= 0.3 is 12.5 Å². The summed E-state index contributed by atoms with van der Waals surface area (Å²) in [7, 11) is 0. The highest BCUT2D eigenvalue weighted by atomic mass is 19.4. The number of halogens is 6. The third-order valence-corrected chi connectivity index (χ3v) is 3.77. The first-order valence-electron chi connectivity index (χ1n) is 7.87. The molecule has 0 N–H and O–H groups in total. The molecule has 0 atom stereocenters. The van der Waals surface area contributed by atoms with E-state index in [1.165, 1.54) is 23.1 Å². The van der Waals surface area contributed by atoms with Gasteiger partial charge in [0.1, 0.15) is 17.5 Å². The molecule has 1 aliphatic rings. The van der Waals surface area contributed by atoms with Gasteiger partial charge in [0.15, 0.2) is 0 Å². The molecular formula is C17H12F6N2O3. The quantitative estimate of drug-likeness (QED) is 0.723. The first-order chi connectivity index (χ1) is 13.0. The number of rotatable bonds is 4. The highest BCUT2D eigenvalue weighted by molar-refractivity contribution is 5.94. The Balaban J connectivity index is 1.54. The molecule has 0 bridgehead atoms. The van der Waals surface area contributed by atoms with E-state index in [1.807, 2.05) is 0 Å². The van der Waals surface area contributed by atoms with Crippen molar-refractivity contribution in [3.8, 4) is 11.6 Å². The summed E-state index contributed by atoms with van der Waals surface area (Å²) in [6, 6.07) is 7.66. The maximum absolute atomic E-state index is 12.6. The van der Waals surface area contributed by atoms with Crippen LogP contribution in [0.5, 0.6) is 11.6 Å². The summed E-state index contributed by atoms with van der Waals surface area (Å²) in [6.07, 6.45) is -9.96. The molecule has 0 saturated carbocycles. The van der Waals surface area contributed by atoms with Crippen molar-refractivity contribution in [2.75, 3.05) is 13.1 Å². The molecule has 0 spiro atoms. The van der Waals surface area contributed by atoms with E-state index in [-0.39, 0.29) is 24.5 Å². The smallest absolute Gasteiger partial charge is 0.471 e. The maximum atomic E-state index is 12.6. The lowest BCUT2D eigenvalue weighted by Gasteiger charge is -2.38. The zero-order chi connectivity index (χ0) is 20.5. The average Bonchev–Trinajstić information content (AvgIpc) is 2.56. The average molecular weight is 406 g/mol. The van der Waals surface area contributed by atoms with Crippen LogP contribution >= 0.6 is 0 Å². The first-order valence-corrected chi connectivity index (χ1v) is 7.87. The van der Waals surface area contributed by atoms with E-state index in [0.717, 1.165) is 24.3 Å². The summed E-state index contributed by atoms with van der Waals surface area (Å²) in [6.45, 7) is 0.217. The molecule has 150 valence electrons. The molecule has 28 heavy (non-hydrogen) atoms. The van der Waals surface area contributed by atoms with E-state index in [4.69, 9.17) is 4.74 Å². The SMILES string of the molecule is O=C(c1ccc(OC(F)(F)F)cc1)N1CC(Oc2cccc(C(F)(F)F)n2)C1. The molecule has 11 heteroatoms. The number of hydrogen-bond donors (Lipinski definition) is 0. The number of carbonyl (C=O) groups excluding carboxylic acids is 1. The lowest BCUT2D eigenvalue weighted by molar-refractivity contribution is -0.274. The van der Waals surface area contributed by atoms with Crippen molar-refractivity contribution in [2.24, 2.45) is 0 Å². The van der Waals surface area contributed by atoms with Crippen LogP contribution in [0.4, 0.5) is 26.3 Å². The first kappa shape index (κ1) is 19.8. The zero-order valence-corrected chi connectivity index (χ0v) is 13.9. The van der Waals surface area contributed by atoms with Crippen molar-refractivity contribution in [1.82, 2.24) is 9.88 Å². The van der Waals surface area contributed by atoms with Crippen LogP contribution in [0.15, 0.2) is 42.5 Å². The molecule has 1 aromatic heterocycles. The number of carbonyl (C=O) groups is 1. The lowest BCUT2D eigenvalue weighted by Crippen LogP contribution is -2.56. The lowest BCUT2D eigenvalue weighted by atomic mass is 10.1. The molecule has 5 nitrogen and oxygen atoms in total. The number of hydrogen-bond acceptors (Lipinski definition) is 4. The van der Waals surface area contributed by atoms with Gasteiger partial charge in [-0.15, -0.1) is 13.2 Å². The van der Waals surface area contributed by atoms with Gasteiger partial charge in [0, 0.05) is 11.6 Å². The summed E-state index contributed by atoms with van der Waals surface area (Å²) in [4.78, 5) is 17.0. The van der Waals surface area contributed by atoms with Gasteiger partial charge in [-0.1, -0.05) is 6.07 Å². The van der Waals surface area contributed by atoms with Crippen molar-refractivity contribution in [3.05, 3.63) is 53.7 Å². The highest BCUT2D eigenvalue weighted by Crippen LogP contribution is 2.29. The standard InChI is InChI=1S/C17H12F6N2O3/c18-16(19,20)13-2-1-3-14(24-13)27-12-8-25(9-12)15(26)10-4-6-11(7-5-10)28-17(21,22)23/h1-7,12H,8-9H2. The van der Waals surface area contributed by atoms with Gasteiger partial charge in [-0.25, -0.2) is 4.98 Å². The van der Waals surface area contributed by atoms with E-state index in [9.17, 15) is 31.1 Å². The number of alkyl halides is 6. The minimum Gasteiger partial charge on any atom is -0.471 e. The monoisotopic (exact) mass is 406 g/mol. The molecular weight excluding hydrogens is 394 g/mol. The maximum Gasteiger partial charge on any atom is 0.573 e. The fraction of sp³-hybridized carbons (Fsp3) is 0.294. The molecule has 0 aliphatic carbocycles. The van der Waals surface area contributed by atoms with Crippen LogP contribution in [0.25, 0.3) is 0 Å². The second kappa shape index (κ2) is 7.21. The molecule has 3 rings (SSSR count). The van der Waals surface area contributed by atoms with E-state index < -0.39 is 36.0 Å². The Bertz CT molecular complexity index is 845. The molecule has 1 fully saturated rings. The Kier molecular flexibility index (Phi) is 5.09. The molecule has 0 radical (unpaired) electrons. The summed E-state index contributed by atoms with van der Waals surface area (Å²) in [5.41, 5.74) is -0.941. The van der Waals surface area contributed by atoms with Crippen molar-refractivity contribution < 1.29 is 40.6 Å². The number of amides is 1. The molecule has 1 saturated heterocycles. The summed E-state index contributed by atoms with van der Waals surface area (Å²) < 4.78 is 83.3. The van der Waals surface area contributed by atoms with Crippen LogP contribution < -0.4 is 9.47 Å². The predicted octanol–water partition coefficient (Wildman–Crippen LogP) is 3.90. The van der Waals surface area contributed by atoms with Gasteiger partial charge in [-0.2, -0.15) is 13.2 Å². The van der Waals surface area contributed by atoms with Crippen molar-refractivity contribution in [3.63, 3.8) is 0 Å². The normalized spacial score (nSPS) is 15.1. The number of aromatic nitrogens is 1. The predicted molar refractivity (Wildman–Crippen MR) is 82.7 cm³/mol. The number of likely N-dealkylation sites (tertiary alicyclic amines) is 1. The highest BCUT2D eigenvalue weighted by Gasteiger charge is 2.35. The Morgan fingerprint density at radius 3 is 2.21 bits per heavy atom. The van der Waals surface area contributed by atoms with Crippen LogP contribution in [0.2, 0.25) is 0 Å². The van der Waals surface area contributed by atoms with E-state index in [1.54, 1.807) is 0 Å². The number of pyridine rings is 1. The molecule has 2 heterocycles. The zero-order valence-electron chi connectivity index (χ0n) is 13.9. The molecule has 2 aromatic rings. The van der Waals surface area contributed by atoms with E-state index in [0.29, 0.717) is 0 Å².